The van der Waals surface area contributed by atoms with Crippen LogP contribution in [-0.4, -0.2) is 55.6 Å². The van der Waals surface area contributed by atoms with Crippen LogP contribution in [-0.2, 0) is 59.6 Å². The summed E-state index contributed by atoms with van der Waals surface area (Å²) in [6.07, 6.45) is 3.74. The molecule has 74 heavy (non-hydrogen) atoms. The van der Waals surface area contributed by atoms with Gasteiger partial charge in [-0.15, -0.1) is 11.3 Å². The molecule has 20 nitrogen and oxygen atoms in total. The van der Waals surface area contributed by atoms with Crippen molar-refractivity contribution in [1.82, 2.24) is 28.0 Å². The maximum absolute atomic E-state index is 11.8. The van der Waals surface area contributed by atoms with Gasteiger partial charge in [-0.3, -0.25) is 9.48 Å². The van der Waals surface area contributed by atoms with Gasteiger partial charge in [0, 0.05) is 63.7 Å². The first-order valence-electron chi connectivity index (χ1n) is 21.6. The fourth-order valence-corrected chi connectivity index (χ4v) is 10.4. The Balaban J connectivity index is 0.000000232. The predicted octanol–water partition coefficient (Wildman–Crippen LogP) is 3.79. The molecule has 0 fully saturated rings. The van der Waals surface area contributed by atoms with E-state index in [2.05, 4.69) is 26.5 Å². The van der Waals surface area contributed by atoms with Gasteiger partial charge < -0.3 is 63.2 Å². The van der Waals surface area contributed by atoms with E-state index in [9.17, 15) is 57.4 Å². The van der Waals surface area contributed by atoms with E-state index in [0.29, 0.717) is 36.4 Å². The molecule has 0 atom stereocenters. The Labute approximate surface area is 448 Å². The standard InChI is InChI=1S/C13H14O2.C12H14O3S.C5H8N2OS.C5H8N2O.C5H8O4S.C4H5NO2S.C4H5NOS2/c1-6-7(2)9(4)13-11(15)5-10(14)12(13)8(6)3;1-6-7(2)9(4)12-11(8(6)3)10(13)5-16(12,14)15;1-6-3-4(8)7(2)5(6)9;1-4-3-5(8)7(2)6-4;1-5(2)9-4(6)3-10(5,7)8;1-5-3(6)2-7-4(5)8;1-5-3(6)2-8-4(5)7/h5,14H,1-4H3;5,13H,1-4H3;3,8H,1-2H3;3,8H,1-2H3;3,6H,1-2H3;2*2,6H,1H3/p-7. The van der Waals surface area contributed by atoms with Gasteiger partial charge >= 0.3 is 0 Å². The number of hydrogen-bond donors (Lipinski definition) is 0. The number of oxazole rings is 1. The Kier molecular flexibility index (Phi) is 19.9. The van der Waals surface area contributed by atoms with Crippen LogP contribution in [0.15, 0.2) is 56.1 Å². The molecule has 6 heterocycles. The van der Waals surface area contributed by atoms with Crippen molar-refractivity contribution in [1.29, 1.82) is 0 Å². The average Bonchev–Trinajstić information content (AvgIpc) is 4.11. The van der Waals surface area contributed by atoms with Crippen molar-refractivity contribution in [2.75, 3.05) is 0 Å². The summed E-state index contributed by atoms with van der Waals surface area (Å²) >= 11 is 15.5. The quantitative estimate of drug-likeness (QED) is 0.195. The number of hydrogen-bond acceptors (Lipinski definition) is 19. The van der Waals surface area contributed by atoms with Crippen molar-refractivity contribution < 1.29 is 66.5 Å². The fourth-order valence-electron chi connectivity index (χ4n) is 6.90. The average molecular weight is 1130 g/mol. The summed E-state index contributed by atoms with van der Waals surface area (Å²) in [4.78, 5) is 10.7. The topological polar surface area (TPSA) is 307 Å². The molecule has 0 N–H and O–H groups in total. The van der Waals surface area contributed by atoms with Crippen LogP contribution in [0, 0.1) is 75.9 Å². The van der Waals surface area contributed by atoms with Gasteiger partial charge in [-0.2, -0.15) is 5.10 Å². The summed E-state index contributed by atoms with van der Waals surface area (Å²) in [6, 6.07) is 1.50. The van der Waals surface area contributed by atoms with E-state index in [1.54, 1.807) is 60.6 Å². The summed E-state index contributed by atoms with van der Waals surface area (Å²) in [5, 5.41) is 82.8. The Hall–Kier alpha value is -6.45. The molecule has 2 aromatic carbocycles. The Morgan fingerprint density at radius 2 is 1.14 bits per heavy atom. The van der Waals surface area contributed by atoms with E-state index in [4.69, 9.17) is 24.4 Å². The molecule has 0 bridgehead atoms. The Bertz CT molecular complexity index is 3580. The van der Waals surface area contributed by atoms with Gasteiger partial charge in [-0.1, -0.05) is 11.5 Å². The van der Waals surface area contributed by atoms with Crippen LogP contribution in [0.1, 0.15) is 85.5 Å². The van der Waals surface area contributed by atoms with Gasteiger partial charge in [-0.05, 0) is 198 Å². The number of imidazole rings is 1. The Morgan fingerprint density at radius 3 is 1.42 bits per heavy atom. The molecular weight excluding hydrogens is 1080 g/mol. The molecule has 6 aromatic rings. The lowest BCUT2D eigenvalue weighted by Gasteiger charge is -2.25. The number of aromatic nitrogens is 6. The third-order valence-corrected chi connectivity index (χ3v) is 17.9. The summed E-state index contributed by atoms with van der Waals surface area (Å²) < 4.78 is 62.7. The second kappa shape index (κ2) is 23.8. The fraction of sp³-hybridized carbons (Fsp3) is 0.354. The smallest absolute Gasteiger partial charge is 0.267 e. The zero-order valence-corrected chi connectivity index (χ0v) is 48.3. The number of aryl methyl sites for hydroxylation is 3. The number of fused-ring (bicyclic) bond motifs is 2. The SMILES string of the molecule is CC1(C)OC([O-])=CS1(=O)=O.Cc1c(C)c(C)c2c(c1C)C(=O)C=C2[O-].Cc1c(C)c(C)c2c(c1C)C([O-])=CS2(=O)=O.Cc1cc([O-])n(C)n1.Cn1c([O-])coc1=S.Cn1c([O-])csc1=S.Cn1cc([O-])n(C)c1=S. The van der Waals surface area contributed by atoms with E-state index in [1.807, 2.05) is 41.5 Å². The van der Waals surface area contributed by atoms with Crippen molar-refractivity contribution in [3.63, 3.8) is 0 Å². The molecule has 0 spiro atoms. The minimum Gasteiger partial charge on any atom is -0.872 e. The molecule has 1 aliphatic carbocycles. The molecule has 0 amide bonds. The maximum Gasteiger partial charge on any atom is 0.267 e. The number of benzene rings is 2. The molecule has 26 heteroatoms. The van der Waals surface area contributed by atoms with Gasteiger partial charge in [-0.25, -0.2) is 16.8 Å². The van der Waals surface area contributed by atoms with Gasteiger partial charge in [0.05, 0.1) is 21.9 Å². The van der Waals surface area contributed by atoms with Gasteiger partial charge in [0.1, 0.15) is 11.2 Å². The molecule has 0 radical (unpaired) electrons. The van der Waals surface area contributed by atoms with Crippen LogP contribution in [0.4, 0.5) is 0 Å². The molecule has 0 unspecified atom stereocenters. The van der Waals surface area contributed by atoms with Crippen molar-refractivity contribution in [2.45, 2.75) is 86.0 Å². The highest BCUT2D eigenvalue weighted by Crippen LogP contribution is 2.39. The molecular formula is C48H55N6O14S6-7. The van der Waals surface area contributed by atoms with E-state index >= 15 is 0 Å². The minimum absolute atomic E-state index is 0.0139. The third-order valence-electron chi connectivity index (χ3n) is 12.1. The first kappa shape index (κ1) is 61.8. The summed E-state index contributed by atoms with van der Waals surface area (Å²) in [5.41, 5.74) is 9.89. The van der Waals surface area contributed by atoms with E-state index in [1.165, 1.54) is 67.3 Å². The second-order valence-corrected chi connectivity index (χ2v) is 23.6. The largest absolute Gasteiger partial charge is 0.872 e. The highest BCUT2D eigenvalue weighted by molar-refractivity contribution is 7.95. The Morgan fingerprint density at radius 1 is 0.622 bits per heavy atom. The van der Waals surface area contributed by atoms with Crippen molar-refractivity contribution >= 4 is 85.0 Å². The lowest BCUT2D eigenvalue weighted by Crippen LogP contribution is -2.28. The number of sulfone groups is 2. The molecule has 0 saturated heterocycles. The number of ketones is 1. The van der Waals surface area contributed by atoms with Crippen LogP contribution < -0.4 is 35.7 Å². The highest BCUT2D eigenvalue weighted by atomic mass is 32.2. The van der Waals surface area contributed by atoms with Crippen LogP contribution >= 0.6 is 48.0 Å². The van der Waals surface area contributed by atoms with Crippen molar-refractivity contribution in [3.05, 3.63) is 127 Å². The normalized spacial score (nSPS) is 14.6. The molecule has 2 aliphatic heterocycles. The van der Waals surface area contributed by atoms with Gasteiger partial charge in [0.25, 0.3) is 4.84 Å². The predicted molar refractivity (Wildman–Crippen MR) is 274 cm³/mol. The number of carbonyl (C=O) groups is 1. The maximum atomic E-state index is 11.8. The number of thiazole rings is 1. The highest BCUT2D eigenvalue weighted by Gasteiger charge is 2.34. The molecule has 0 saturated carbocycles. The van der Waals surface area contributed by atoms with Crippen LogP contribution in [0.25, 0.3) is 11.5 Å². The number of carbonyl (C=O) groups excluding carboxylic acids is 1. The monoisotopic (exact) mass is 1130 g/mol. The van der Waals surface area contributed by atoms with Gasteiger partial charge in [0.2, 0.25) is 0 Å². The first-order valence-corrected chi connectivity index (χ1v) is 26.8. The summed E-state index contributed by atoms with van der Waals surface area (Å²) in [7, 11) is 1.28. The summed E-state index contributed by atoms with van der Waals surface area (Å²) in [5.74, 6) is -1.76. The second-order valence-electron chi connectivity index (χ2n) is 17.3. The molecule has 9 rings (SSSR count). The number of ether oxygens (including phenoxy) is 1. The van der Waals surface area contributed by atoms with Crippen molar-refractivity contribution in [2.24, 2.45) is 35.2 Å². The summed E-state index contributed by atoms with van der Waals surface area (Å²) in [6.45, 7) is 19.6. The first-order chi connectivity index (χ1) is 33.8. The van der Waals surface area contributed by atoms with E-state index < -0.39 is 36.3 Å². The lowest BCUT2D eigenvalue weighted by atomic mass is 9.89. The van der Waals surface area contributed by atoms with Crippen LogP contribution in [0.3, 0.4) is 0 Å². The zero-order chi connectivity index (χ0) is 57.0. The van der Waals surface area contributed by atoms with Crippen molar-refractivity contribution in [3.8, 4) is 23.5 Å². The molecule has 4 aromatic heterocycles. The van der Waals surface area contributed by atoms with E-state index in [-0.39, 0.29) is 44.8 Å². The van der Waals surface area contributed by atoms with Crippen LogP contribution in [0.2, 0.25) is 0 Å². The molecule has 404 valence electrons. The lowest BCUT2D eigenvalue weighted by molar-refractivity contribution is -0.361. The minimum atomic E-state index is -3.52. The zero-order valence-electron chi connectivity index (χ0n) is 43.4. The van der Waals surface area contributed by atoms with Crippen LogP contribution in [0.5, 0.6) is 23.5 Å². The number of allylic oxidation sites excluding steroid dienone is 1. The van der Waals surface area contributed by atoms with E-state index in [0.717, 1.165) is 56.3 Å². The molecule has 3 aliphatic rings. The number of nitrogens with zero attached hydrogens (tertiary/aromatic N) is 6. The third kappa shape index (κ3) is 13.6. The van der Waals surface area contributed by atoms with Gasteiger partial charge in [0.15, 0.2) is 34.2 Å². The number of rotatable bonds is 0.